The Morgan fingerprint density at radius 1 is 0.875 bits per heavy atom. The van der Waals surface area contributed by atoms with Crippen molar-refractivity contribution in [1.29, 1.82) is 0 Å². The first-order chi connectivity index (χ1) is 15.1. The summed E-state index contributed by atoms with van der Waals surface area (Å²) in [7, 11) is 0. The molecule has 0 saturated carbocycles. The SMILES string of the molecule is CCCCCCCCCCCON1C(C)(C)CC2(CC1(C)C)NC(=O)C1(CCNCC1)O2. The second-order valence-corrected chi connectivity index (χ2v) is 11.7. The van der Waals surface area contributed by atoms with E-state index in [1.807, 2.05) is 0 Å². The zero-order valence-corrected chi connectivity index (χ0v) is 21.5. The number of hydroxylamine groups is 2. The average Bonchev–Trinajstić information content (AvgIpc) is 2.94. The van der Waals surface area contributed by atoms with E-state index >= 15 is 0 Å². The summed E-state index contributed by atoms with van der Waals surface area (Å²) in [6.45, 7) is 13.6. The third-order valence-electron chi connectivity index (χ3n) is 7.56. The van der Waals surface area contributed by atoms with Gasteiger partial charge in [0.2, 0.25) is 0 Å². The summed E-state index contributed by atoms with van der Waals surface area (Å²) in [6.07, 6.45) is 14.8. The van der Waals surface area contributed by atoms with Crippen molar-refractivity contribution in [2.75, 3.05) is 19.7 Å². The molecule has 3 rings (SSSR count). The molecular formula is C26H49N3O3. The number of rotatable bonds is 11. The Bertz CT molecular complexity index is 595. The fourth-order valence-corrected chi connectivity index (χ4v) is 6.43. The Morgan fingerprint density at radius 3 is 1.97 bits per heavy atom. The standard InChI is InChI=1S/C26H49N3O3/c1-6-7-8-9-10-11-12-13-14-19-31-29-23(2,3)20-26(21-24(29,4)5)28-22(30)25(32-26)15-17-27-18-16-25/h27H,6-21H2,1-5H3,(H,28,30). The molecule has 3 fully saturated rings. The summed E-state index contributed by atoms with van der Waals surface area (Å²) in [5.74, 6) is 0.0784. The quantitative estimate of drug-likeness (QED) is 0.430. The number of nitrogens with one attached hydrogen (secondary N) is 2. The minimum absolute atomic E-state index is 0.0784. The molecule has 0 atom stereocenters. The fourth-order valence-electron chi connectivity index (χ4n) is 6.43. The number of unbranched alkanes of at least 4 members (excludes halogenated alkanes) is 8. The Hall–Kier alpha value is -0.690. The van der Waals surface area contributed by atoms with Gasteiger partial charge in [-0.25, -0.2) is 0 Å². The first-order valence-electron chi connectivity index (χ1n) is 13.3. The van der Waals surface area contributed by atoms with E-state index in [9.17, 15) is 4.79 Å². The average molecular weight is 452 g/mol. The van der Waals surface area contributed by atoms with Gasteiger partial charge in [0, 0.05) is 23.9 Å². The van der Waals surface area contributed by atoms with Crippen LogP contribution in [0.25, 0.3) is 0 Å². The highest BCUT2D eigenvalue weighted by molar-refractivity contribution is 5.88. The lowest BCUT2D eigenvalue weighted by atomic mass is 9.76. The lowest BCUT2D eigenvalue weighted by Gasteiger charge is -2.56. The maximum Gasteiger partial charge on any atom is 0.254 e. The van der Waals surface area contributed by atoms with E-state index in [1.165, 1.54) is 51.4 Å². The van der Waals surface area contributed by atoms with E-state index in [0.717, 1.165) is 51.8 Å². The molecule has 186 valence electrons. The van der Waals surface area contributed by atoms with Gasteiger partial charge < -0.3 is 15.4 Å². The summed E-state index contributed by atoms with van der Waals surface area (Å²) in [5.41, 5.74) is -1.71. The Labute approximate surface area is 196 Å². The predicted molar refractivity (Wildman–Crippen MR) is 129 cm³/mol. The molecule has 0 aliphatic carbocycles. The van der Waals surface area contributed by atoms with Gasteiger partial charge in [0.15, 0.2) is 5.60 Å². The molecule has 3 aliphatic heterocycles. The molecule has 2 spiro atoms. The van der Waals surface area contributed by atoms with Crippen LogP contribution >= 0.6 is 0 Å². The van der Waals surface area contributed by atoms with Gasteiger partial charge in [-0.15, -0.1) is 0 Å². The number of amides is 1. The summed E-state index contributed by atoms with van der Waals surface area (Å²) < 4.78 is 6.67. The molecule has 3 heterocycles. The van der Waals surface area contributed by atoms with Crippen molar-refractivity contribution in [2.45, 2.75) is 140 Å². The van der Waals surface area contributed by atoms with E-state index in [4.69, 9.17) is 9.57 Å². The first kappa shape index (κ1) is 25.9. The van der Waals surface area contributed by atoms with Gasteiger partial charge in [-0.2, -0.15) is 5.06 Å². The maximum atomic E-state index is 13.0. The smallest absolute Gasteiger partial charge is 0.254 e. The molecule has 3 saturated heterocycles. The zero-order valence-electron chi connectivity index (χ0n) is 21.5. The highest BCUT2D eigenvalue weighted by Gasteiger charge is 2.62. The van der Waals surface area contributed by atoms with Crippen LogP contribution in [0.1, 0.15) is 118 Å². The largest absolute Gasteiger partial charge is 0.339 e. The number of piperidine rings is 2. The molecule has 0 aromatic carbocycles. The molecule has 0 radical (unpaired) electrons. The van der Waals surface area contributed by atoms with Crippen LogP contribution in [0.5, 0.6) is 0 Å². The number of hydrogen-bond donors (Lipinski definition) is 2. The minimum Gasteiger partial charge on any atom is -0.339 e. The van der Waals surface area contributed by atoms with Crippen LogP contribution in [0.4, 0.5) is 0 Å². The van der Waals surface area contributed by atoms with Crippen molar-refractivity contribution >= 4 is 5.91 Å². The van der Waals surface area contributed by atoms with Crippen LogP contribution in [0, 0.1) is 0 Å². The number of carbonyl (C=O) groups excluding carboxylic acids is 1. The summed E-state index contributed by atoms with van der Waals surface area (Å²) in [4.78, 5) is 19.4. The van der Waals surface area contributed by atoms with Gasteiger partial charge in [-0.1, -0.05) is 58.3 Å². The summed E-state index contributed by atoms with van der Waals surface area (Å²) in [6, 6.07) is 0. The van der Waals surface area contributed by atoms with E-state index < -0.39 is 11.3 Å². The monoisotopic (exact) mass is 451 g/mol. The Kier molecular flexibility index (Phi) is 8.68. The predicted octanol–water partition coefficient (Wildman–Crippen LogP) is 5.07. The summed E-state index contributed by atoms with van der Waals surface area (Å²) in [5, 5.41) is 8.84. The topological polar surface area (TPSA) is 62.8 Å². The zero-order chi connectivity index (χ0) is 23.3. The maximum absolute atomic E-state index is 13.0. The van der Waals surface area contributed by atoms with E-state index in [-0.39, 0.29) is 17.0 Å². The van der Waals surface area contributed by atoms with Crippen LogP contribution in [-0.4, -0.2) is 53.1 Å². The number of ether oxygens (including phenoxy) is 1. The van der Waals surface area contributed by atoms with E-state index in [2.05, 4.69) is 50.3 Å². The molecule has 1 amide bonds. The molecule has 2 N–H and O–H groups in total. The van der Waals surface area contributed by atoms with Crippen molar-refractivity contribution < 1.29 is 14.4 Å². The second-order valence-electron chi connectivity index (χ2n) is 11.7. The molecule has 0 aromatic rings. The number of carbonyl (C=O) groups is 1. The van der Waals surface area contributed by atoms with Gasteiger partial charge in [0.05, 0.1) is 6.61 Å². The van der Waals surface area contributed by atoms with Crippen LogP contribution < -0.4 is 10.6 Å². The van der Waals surface area contributed by atoms with Crippen LogP contribution in [0.2, 0.25) is 0 Å². The number of hydrogen-bond acceptors (Lipinski definition) is 5. The van der Waals surface area contributed by atoms with Gasteiger partial charge in [-0.05, 0) is 60.0 Å². The second kappa shape index (κ2) is 10.7. The highest BCUT2D eigenvalue weighted by Crippen LogP contribution is 2.49. The molecule has 0 aromatic heterocycles. The van der Waals surface area contributed by atoms with Crippen molar-refractivity contribution in [3.63, 3.8) is 0 Å². The van der Waals surface area contributed by atoms with Gasteiger partial charge in [0.25, 0.3) is 5.91 Å². The van der Waals surface area contributed by atoms with Crippen LogP contribution in [0.15, 0.2) is 0 Å². The van der Waals surface area contributed by atoms with Crippen molar-refractivity contribution in [2.24, 2.45) is 0 Å². The minimum atomic E-state index is -0.656. The normalized spacial score (nSPS) is 26.0. The van der Waals surface area contributed by atoms with Gasteiger partial charge >= 0.3 is 0 Å². The molecule has 3 aliphatic rings. The highest BCUT2D eigenvalue weighted by atomic mass is 16.7. The molecule has 0 unspecified atom stereocenters. The van der Waals surface area contributed by atoms with Crippen molar-refractivity contribution in [3.8, 4) is 0 Å². The molecule has 32 heavy (non-hydrogen) atoms. The summed E-state index contributed by atoms with van der Waals surface area (Å²) >= 11 is 0. The lowest BCUT2D eigenvalue weighted by molar-refractivity contribution is -0.315. The van der Waals surface area contributed by atoms with Crippen LogP contribution in [-0.2, 0) is 14.4 Å². The fraction of sp³-hybridized carbons (Fsp3) is 0.962. The Balaban J connectivity index is 1.47. The molecule has 6 nitrogen and oxygen atoms in total. The van der Waals surface area contributed by atoms with Crippen molar-refractivity contribution in [1.82, 2.24) is 15.7 Å². The molecule has 6 heteroatoms. The molecular weight excluding hydrogens is 402 g/mol. The van der Waals surface area contributed by atoms with E-state index in [0.29, 0.717) is 0 Å². The lowest BCUT2D eigenvalue weighted by Crippen LogP contribution is -2.68. The third kappa shape index (κ3) is 6.05. The number of nitrogens with zero attached hydrogens (tertiary/aromatic N) is 1. The van der Waals surface area contributed by atoms with Gasteiger partial charge in [0.1, 0.15) is 5.72 Å². The van der Waals surface area contributed by atoms with Gasteiger partial charge in [-0.3, -0.25) is 9.63 Å². The Morgan fingerprint density at radius 2 is 1.41 bits per heavy atom. The van der Waals surface area contributed by atoms with E-state index in [1.54, 1.807) is 0 Å². The first-order valence-corrected chi connectivity index (χ1v) is 13.3. The van der Waals surface area contributed by atoms with Crippen LogP contribution in [0.3, 0.4) is 0 Å². The third-order valence-corrected chi connectivity index (χ3v) is 7.56. The molecule has 0 bridgehead atoms. The van der Waals surface area contributed by atoms with Crippen molar-refractivity contribution in [3.05, 3.63) is 0 Å².